The van der Waals surface area contributed by atoms with Crippen LogP contribution in [0.15, 0.2) is 54.6 Å². The van der Waals surface area contributed by atoms with Crippen molar-refractivity contribution in [1.29, 1.82) is 0 Å². The normalized spacial score (nSPS) is 12.8. The molecule has 7 nitrogen and oxygen atoms in total. The third-order valence-electron chi connectivity index (χ3n) is 5.21. The number of methoxy groups -OCH3 is 1. The van der Waals surface area contributed by atoms with Crippen LogP contribution in [0.4, 0.5) is 0 Å². The Morgan fingerprint density at radius 3 is 2.47 bits per heavy atom. The minimum Gasteiger partial charge on any atom is -0.497 e. The van der Waals surface area contributed by atoms with Crippen LogP contribution in [0.1, 0.15) is 36.6 Å². The summed E-state index contributed by atoms with van der Waals surface area (Å²) in [5, 5.41) is 3.60. The number of fused-ring (bicyclic) bond motifs is 5. The average molecular weight is 400 g/mol. The van der Waals surface area contributed by atoms with Crippen LogP contribution in [-0.2, 0) is 11.3 Å². The highest BCUT2D eigenvalue weighted by molar-refractivity contribution is 6.32. The van der Waals surface area contributed by atoms with Gasteiger partial charge < -0.3 is 14.5 Å². The van der Waals surface area contributed by atoms with Crippen LogP contribution < -0.4 is 10.1 Å². The number of ether oxygens (including phenoxy) is 2. The van der Waals surface area contributed by atoms with Crippen molar-refractivity contribution >= 4 is 39.6 Å². The Kier molecular flexibility index (Phi) is 4.03. The van der Waals surface area contributed by atoms with Gasteiger partial charge in [-0.2, -0.15) is 0 Å². The Hall–Kier alpha value is -4.13. The largest absolute Gasteiger partial charge is 0.497 e. The summed E-state index contributed by atoms with van der Waals surface area (Å²) < 4.78 is 10.7. The molecule has 0 saturated heterocycles. The minimum atomic E-state index is -0.668. The van der Waals surface area contributed by atoms with Gasteiger partial charge in [0.1, 0.15) is 12.4 Å². The van der Waals surface area contributed by atoms with E-state index in [2.05, 4.69) is 10.3 Å². The highest BCUT2D eigenvalue weighted by Gasteiger charge is 2.35. The van der Waals surface area contributed by atoms with Crippen molar-refractivity contribution < 1.29 is 23.9 Å². The number of esters is 1. The molecule has 0 saturated carbocycles. The SMILES string of the molecule is COc1ccc2[nH]c3cc(C(=O)OCc4ccccc4)c4c(c3c2c1)C(=O)NC4=O. The fourth-order valence-corrected chi connectivity index (χ4v) is 3.83. The Balaban J connectivity index is 1.67. The Labute approximate surface area is 170 Å². The van der Waals surface area contributed by atoms with Gasteiger partial charge in [0, 0.05) is 21.8 Å². The number of amides is 2. The standard InChI is InChI=1S/C23H16N2O5/c1-29-13-7-8-16-14(9-13)18-17(24-16)10-15(19-20(18)22(27)25-21(19)26)23(28)30-11-12-5-3-2-4-6-12/h2-10,24H,11H2,1H3,(H,25,26,27). The van der Waals surface area contributed by atoms with E-state index < -0.39 is 17.8 Å². The predicted molar refractivity (Wildman–Crippen MR) is 110 cm³/mol. The summed E-state index contributed by atoms with van der Waals surface area (Å²) in [6.07, 6.45) is 0. The molecule has 1 aliphatic heterocycles. The summed E-state index contributed by atoms with van der Waals surface area (Å²) in [6.45, 7) is 0.0615. The third-order valence-corrected chi connectivity index (χ3v) is 5.21. The molecule has 0 unspecified atom stereocenters. The number of carbonyl (C=O) groups is 3. The number of carbonyl (C=O) groups excluding carboxylic acids is 3. The van der Waals surface area contributed by atoms with E-state index >= 15 is 0 Å². The summed E-state index contributed by atoms with van der Waals surface area (Å²) in [5.74, 6) is -1.20. The first-order valence-corrected chi connectivity index (χ1v) is 9.30. The number of aromatic nitrogens is 1. The zero-order valence-corrected chi connectivity index (χ0v) is 15.9. The quantitative estimate of drug-likeness (QED) is 0.403. The zero-order chi connectivity index (χ0) is 20.8. The van der Waals surface area contributed by atoms with Crippen LogP contribution in [-0.4, -0.2) is 29.9 Å². The molecule has 0 bridgehead atoms. The number of hydrogen-bond acceptors (Lipinski definition) is 5. The molecule has 2 amide bonds. The van der Waals surface area contributed by atoms with E-state index in [1.54, 1.807) is 25.3 Å². The molecule has 0 spiro atoms. The molecule has 0 radical (unpaired) electrons. The number of benzene rings is 3. The molecule has 5 rings (SSSR count). The van der Waals surface area contributed by atoms with E-state index in [1.807, 2.05) is 36.4 Å². The lowest BCUT2D eigenvalue weighted by atomic mass is 9.97. The summed E-state index contributed by atoms with van der Waals surface area (Å²) in [4.78, 5) is 41.2. The van der Waals surface area contributed by atoms with E-state index in [4.69, 9.17) is 9.47 Å². The van der Waals surface area contributed by atoms with Gasteiger partial charge in [0.15, 0.2) is 0 Å². The predicted octanol–water partition coefficient (Wildman–Crippen LogP) is 3.57. The zero-order valence-electron chi connectivity index (χ0n) is 15.9. The molecule has 3 aromatic carbocycles. The lowest BCUT2D eigenvalue weighted by Crippen LogP contribution is -2.21. The number of aromatic amines is 1. The van der Waals surface area contributed by atoms with Gasteiger partial charge in [-0.05, 0) is 29.8 Å². The van der Waals surface area contributed by atoms with Gasteiger partial charge in [-0.25, -0.2) is 4.79 Å². The topological polar surface area (TPSA) is 97.5 Å². The Bertz CT molecular complexity index is 1350. The van der Waals surface area contributed by atoms with Gasteiger partial charge >= 0.3 is 5.97 Å². The maximum atomic E-state index is 12.8. The first-order valence-electron chi connectivity index (χ1n) is 9.30. The second-order valence-corrected chi connectivity index (χ2v) is 6.98. The molecule has 4 aromatic rings. The van der Waals surface area contributed by atoms with Crippen molar-refractivity contribution in [2.45, 2.75) is 6.61 Å². The monoisotopic (exact) mass is 400 g/mol. The fraction of sp³-hybridized carbons (Fsp3) is 0.0870. The molecule has 2 N–H and O–H groups in total. The van der Waals surface area contributed by atoms with E-state index in [9.17, 15) is 14.4 Å². The summed E-state index contributed by atoms with van der Waals surface area (Å²) in [5.41, 5.74) is 2.40. The van der Waals surface area contributed by atoms with Crippen LogP contribution in [0.2, 0.25) is 0 Å². The fourth-order valence-electron chi connectivity index (χ4n) is 3.83. The van der Waals surface area contributed by atoms with E-state index in [0.29, 0.717) is 16.7 Å². The van der Waals surface area contributed by atoms with Crippen LogP contribution in [0.25, 0.3) is 21.8 Å². The number of H-pyrrole nitrogens is 1. The second kappa shape index (κ2) is 6.73. The van der Waals surface area contributed by atoms with E-state index in [0.717, 1.165) is 16.5 Å². The Morgan fingerprint density at radius 2 is 1.70 bits per heavy atom. The number of rotatable bonds is 4. The summed E-state index contributed by atoms with van der Waals surface area (Å²) in [6, 6.07) is 16.2. The maximum Gasteiger partial charge on any atom is 0.339 e. The number of imide groups is 1. The first-order chi connectivity index (χ1) is 14.6. The molecule has 30 heavy (non-hydrogen) atoms. The van der Waals surface area contributed by atoms with Crippen LogP contribution in [0.3, 0.4) is 0 Å². The van der Waals surface area contributed by atoms with Crippen molar-refractivity contribution in [3.63, 3.8) is 0 Å². The highest BCUT2D eigenvalue weighted by Crippen LogP contribution is 2.36. The molecule has 2 heterocycles. The smallest absolute Gasteiger partial charge is 0.339 e. The molecule has 0 aliphatic carbocycles. The van der Waals surface area contributed by atoms with Crippen molar-refractivity contribution in [1.82, 2.24) is 10.3 Å². The van der Waals surface area contributed by atoms with Gasteiger partial charge in [-0.3, -0.25) is 14.9 Å². The van der Waals surface area contributed by atoms with Gasteiger partial charge in [0.25, 0.3) is 11.8 Å². The van der Waals surface area contributed by atoms with Crippen LogP contribution >= 0.6 is 0 Å². The molecule has 148 valence electrons. The van der Waals surface area contributed by atoms with Gasteiger partial charge in [0.05, 0.1) is 23.8 Å². The molecule has 7 heteroatoms. The third kappa shape index (κ3) is 2.71. The number of hydrogen-bond donors (Lipinski definition) is 2. The molecular formula is C23H16N2O5. The first kappa shape index (κ1) is 17.9. The minimum absolute atomic E-state index is 0.0364. The lowest BCUT2D eigenvalue weighted by Gasteiger charge is -2.09. The highest BCUT2D eigenvalue weighted by atomic mass is 16.5. The summed E-state index contributed by atoms with van der Waals surface area (Å²) >= 11 is 0. The lowest BCUT2D eigenvalue weighted by molar-refractivity contribution is 0.0469. The molecule has 0 fully saturated rings. The van der Waals surface area contributed by atoms with Crippen LogP contribution in [0, 0.1) is 0 Å². The Morgan fingerprint density at radius 1 is 0.933 bits per heavy atom. The number of nitrogens with one attached hydrogen (secondary N) is 2. The van der Waals surface area contributed by atoms with Crippen molar-refractivity contribution in [2.24, 2.45) is 0 Å². The summed E-state index contributed by atoms with van der Waals surface area (Å²) in [7, 11) is 1.55. The molecule has 1 aliphatic rings. The van der Waals surface area contributed by atoms with Crippen LogP contribution in [0.5, 0.6) is 5.75 Å². The molecular weight excluding hydrogens is 384 g/mol. The van der Waals surface area contributed by atoms with Gasteiger partial charge in [-0.1, -0.05) is 30.3 Å². The molecule has 0 atom stereocenters. The van der Waals surface area contributed by atoms with Crippen molar-refractivity contribution in [3.05, 3.63) is 76.9 Å². The maximum absolute atomic E-state index is 12.8. The van der Waals surface area contributed by atoms with Crippen molar-refractivity contribution in [3.8, 4) is 5.75 Å². The average Bonchev–Trinajstić information content (AvgIpc) is 3.27. The van der Waals surface area contributed by atoms with Gasteiger partial charge in [-0.15, -0.1) is 0 Å². The van der Waals surface area contributed by atoms with Gasteiger partial charge in [0.2, 0.25) is 0 Å². The second-order valence-electron chi connectivity index (χ2n) is 6.98. The van der Waals surface area contributed by atoms with E-state index in [1.165, 1.54) is 0 Å². The van der Waals surface area contributed by atoms with Crippen molar-refractivity contribution in [2.75, 3.05) is 7.11 Å². The molecule has 1 aromatic heterocycles. The van der Waals surface area contributed by atoms with E-state index in [-0.39, 0.29) is 23.3 Å².